The van der Waals surface area contributed by atoms with E-state index in [4.69, 9.17) is 5.73 Å². The van der Waals surface area contributed by atoms with Gasteiger partial charge in [-0.2, -0.15) is 4.73 Å². The summed E-state index contributed by atoms with van der Waals surface area (Å²) in [6.45, 7) is 4.18. The summed E-state index contributed by atoms with van der Waals surface area (Å²) in [4.78, 5) is 0. The zero-order chi connectivity index (χ0) is 16.8. The molecule has 0 aliphatic rings. The second-order valence-corrected chi connectivity index (χ2v) is 6.49. The van der Waals surface area contributed by atoms with Crippen LogP contribution >= 0.6 is 0 Å². The number of aromatic nitrogens is 1. The molecule has 3 heteroatoms. The summed E-state index contributed by atoms with van der Waals surface area (Å²) in [5.41, 5.74) is 10.8. The highest BCUT2D eigenvalue weighted by Gasteiger charge is 2.23. The fourth-order valence-electron chi connectivity index (χ4n) is 3.61. The first-order valence-corrected chi connectivity index (χ1v) is 8.19. The van der Waals surface area contributed by atoms with Crippen LogP contribution in [0.25, 0.3) is 32.8 Å². The lowest BCUT2D eigenvalue weighted by Crippen LogP contribution is -2.02. The lowest BCUT2D eigenvalue weighted by molar-refractivity contribution is 0.188. The van der Waals surface area contributed by atoms with Gasteiger partial charge >= 0.3 is 0 Å². The molecule has 0 atom stereocenters. The molecule has 0 bridgehead atoms. The van der Waals surface area contributed by atoms with Crippen molar-refractivity contribution in [3.8, 4) is 11.1 Å². The first-order chi connectivity index (χ1) is 11.6. The number of benzene rings is 3. The van der Waals surface area contributed by atoms with Crippen LogP contribution in [0.2, 0.25) is 0 Å². The molecular weight excluding hydrogens is 296 g/mol. The number of nitrogens with two attached hydrogens (primary N) is 1. The molecule has 4 aromatic rings. The van der Waals surface area contributed by atoms with Crippen LogP contribution in [0.4, 0.5) is 5.69 Å². The third-order valence-electron chi connectivity index (χ3n) is 4.64. The van der Waals surface area contributed by atoms with Crippen molar-refractivity contribution in [2.75, 3.05) is 5.73 Å². The molecule has 3 nitrogen and oxygen atoms in total. The first kappa shape index (κ1) is 14.6. The summed E-state index contributed by atoms with van der Waals surface area (Å²) in [5, 5.41) is 14.0. The molecule has 3 aromatic carbocycles. The summed E-state index contributed by atoms with van der Waals surface area (Å²) >= 11 is 0. The van der Waals surface area contributed by atoms with Crippen LogP contribution in [0, 0.1) is 0 Å². The minimum Gasteiger partial charge on any atom is -0.428 e. The van der Waals surface area contributed by atoms with Gasteiger partial charge in [-0.1, -0.05) is 62.4 Å². The minimum atomic E-state index is 0.163. The highest BCUT2D eigenvalue weighted by molar-refractivity contribution is 6.10. The van der Waals surface area contributed by atoms with Crippen LogP contribution in [0.1, 0.15) is 25.5 Å². The summed E-state index contributed by atoms with van der Waals surface area (Å²) in [5.74, 6) is 0.163. The molecule has 0 saturated carbocycles. The predicted octanol–water partition coefficient (Wildman–Crippen LogP) is 5.40. The summed E-state index contributed by atoms with van der Waals surface area (Å²) in [6, 6.07) is 20.1. The quantitative estimate of drug-likeness (QED) is 0.384. The van der Waals surface area contributed by atoms with Gasteiger partial charge in [0.05, 0.1) is 11.2 Å². The maximum absolute atomic E-state index is 10.7. The van der Waals surface area contributed by atoms with Gasteiger partial charge in [-0.3, -0.25) is 0 Å². The third kappa shape index (κ3) is 1.98. The van der Waals surface area contributed by atoms with Gasteiger partial charge in [0.15, 0.2) is 0 Å². The van der Waals surface area contributed by atoms with Crippen LogP contribution < -0.4 is 5.73 Å². The maximum Gasteiger partial charge on any atom is 0.0875 e. The van der Waals surface area contributed by atoms with Crippen molar-refractivity contribution in [2.45, 2.75) is 19.8 Å². The molecule has 0 aliphatic carbocycles. The van der Waals surface area contributed by atoms with Gasteiger partial charge < -0.3 is 10.9 Å². The standard InChI is InChI=1S/C21H20N2O/c1-13(2)21-20(16-9-5-6-10-18(16)23(21)24)19-15-8-4-3-7-14(15)11-12-17(19)22/h3-13,24H,22H2,1-2H3. The van der Waals surface area contributed by atoms with Crippen LogP contribution in [0.3, 0.4) is 0 Å². The largest absolute Gasteiger partial charge is 0.428 e. The molecule has 1 aromatic heterocycles. The van der Waals surface area contributed by atoms with E-state index in [9.17, 15) is 5.21 Å². The average molecular weight is 316 g/mol. The summed E-state index contributed by atoms with van der Waals surface area (Å²) in [6.07, 6.45) is 0. The molecule has 120 valence electrons. The normalized spacial score (nSPS) is 11.6. The van der Waals surface area contributed by atoms with Crippen molar-refractivity contribution < 1.29 is 5.21 Å². The smallest absolute Gasteiger partial charge is 0.0875 e. The zero-order valence-corrected chi connectivity index (χ0v) is 13.8. The van der Waals surface area contributed by atoms with Crippen LogP contribution in [-0.4, -0.2) is 9.94 Å². The maximum atomic E-state index is 10.7. The van der Waals surface area contributed by atoms with Crippen molar-refractivity contribution in [1.82, 2.24) is 4.73 Å². The zero-order valence-electron chi connectivity index (χ0n) is 13.8. The second kappa shape index (κ2) is 5.31. The Morgan fingerprint density at radius 2 is 1.50 bits per heavy atom. The van der Waals surface area contributed by atoms with Crippen LogP contribution in [0.5, 0.6) is 0 Å². The summed E-state index contributed by atoms with van der Waals surface area (Å²) in [7, 11) is 0. The number of fused-ring (bicyclic) bond motifs is 2. The van der Waals surface area contributed by atoms with E-state index in [1.807, 2.05) is 48.5 Å². The van der Waals surface area contributed by atoms with Gasteiger partial charge in [-0.05, 0) is 28.8 Å². The van der Waals surface area contributed by atoms with Crippen molar-refractivity contribution in [3.63, 3.8) is 0 Å². The van der Waals surface area contributed by atoms with E-state index in [-0.39, 0.29) is 5.92 Å². The highest BCUT2D eigenvalue weighted by atomic mass is 16.5. The van der Waals surface area contributed by atoms with E-state index >= 15 is 0 Å². The van der Waals surface area contributed by atoms with E-state index in [1.165, 1.54) is 4.73 Å². The average Bonchev–Trinajstić information content (AvgIpc) is 2.88. The number of para-hydroxylation sites is 1. The molecule has 1 heterocycles. The van der Waals surface area contributed by atoms with Crippen molar-refractivity contribution in [2.24, 2.45) is 0 Å². The monoisotopic (exact) mass is 316 g/mol. The lowest BCUT2D eigenvalue weighted by atomic mass is 9.91. The molecule has 4 rings (SSSR count). The third-order valence-corrected chi connectivity index (χ3v) is 4.64. The SMILES string of the molecule is CC(C)c1c(-c2c(N)ccc3ccccc23)c2ccccc2n1O. The summed E-state index contributed by atoms with van der Waals surface area (Å²) < 4.78 is 1.32. The Bertz CT molecular complexity index is 1060. The van der Waals surface area contributed by atoms with Gasteiger partial charge in [0.2, 0.25) is 0 Å². The Balaban J connectivity index is 2.23. The molecule has 0 saturated heterocycles. The Labute approximate surface area is 140 Å². The number of nitrogens with zero attached hydrogens (tertiary/aromatic N) is 1. The molecular formula is C21H20N2O. The Kier molecular flexibility index (Phi) is 3.24. The van der Waals surface area contributed by atoms with Crippen LogP contribution in [0.15, 0.2) is 60.7 Å². The molecule has 3 N–H and O–H groups in total. The molecule has 0 fully saturated rings. The number of rotatable bonds is 2. The van der Waals surface area contributed by atoms with Crippen molar-refractivity contribution in [3.05, 3.63) is 66.4 Å². The number of hydrogen-bond acceptors (Lipinski definition) is 2. The molecule has 0 spiro atoms. The van der Waals surface area contributed by atoms with Gasteiger partial charge in [0, 0.05) is 22.2 Å². The fraction of sp³-hybridized carbons (Fsp3) is 0.143. The van der Waals surface area contributed by atoms with Gasteiger partial charge in [0.1, 0.15) is 0 Å². The number of nitrogen functional groups attached to an aromatic ring is 1. The number of anilines is 1. The molecule has 0 unspecified atom stereocenters. The van der Waals surface area contributed by atoms with E-state index in [0.717, 1.165) is 44.2 Å². The Hall–Kier alpha value is -2.94. The first-order valence-electron chi connectivity index (χ1n) is 8.19. The van der Waals surface area contributed by atoms with Crippen LogP contribution in [-0.2, 0) is 0 Å². The van der Waals surface area contributed by atoms with E-state index in [0.29, 0.717) is 0 Å². The molecule has 0 aliphatic heterocycles. The Morgan fingerprint density at radius 3 is 2.25 bits per heavy atom. The van der Waals surface area contributed by atoms with Crippen molar-refractivity contribution >= 4 is 27.4 Å². The second-order valence-electron chi connectivity index (χ2n) is 6.49. The minimum absolute atomic E-state index is 0.163. The lowest BCUT2D eigenvalue weighted by Gasteiger charge is -2.14. The van der Waals surface area contributed by atoms with E-state index in [1.54, 1.807) is 0 Å². The van der Waals surface area contributed by atoms with Gasteiger partial charge in [-0.15, -0.1) is 0 Å². The number of hydrogen-bond donors (Lipinski definition) is 2. The van der Waals surface area contributed by atoms with E-state index < -0.39 is 0 Å². The molecule has 24 heavy (non-hydrogen) atoms. The Morgan fingerprint density at radius 1 is 0.833 bits per heavy atom. The van der Waals surface area contributed by atoms with Gasteiger partial charge in [0.25, 0.3) is 0 Å². The van der Waals surface area contributed by atoms with Crippen molar-refractivity contribution in [1.29, 1.82) is 0 Å². The van der Waals surface area contributed by atoms with E-state index in [2.05, 4.69) is 26.0 Å². The van der Waals surface area contributed by atoms with Gasteiger partial charge in [-0.25, -0.2) is 0 Å². The highest BCUT2D eigenvalue weighted by Crippen LogP contribution is 2.43. The fourth-order valence-corrected chi connectivity index (χ4v) is 3.61. The molecule has 0 radical (unpaired) electrons. The topological polar surface area (TPSA) is 51.2 Å². The predicted molar refractivity (Wildman–Crippen MR) is 101 cm³/mol. The molecule has 0 amide bonds.